The molecule has 1 atom stereocenters. The number of aliphatic carboxylic acids is 1. The van der Waals surface area contributed by atoms with E-state index in [1.54, 1.807) is 0 Å². The number of carbonyl (C=O) groups is 1. The molecule has 0 aliphatic heterocycles. The molecule has 18 heavy (non-hydrogen) atoms. The Morgan fingerprint density at radius 3 is 2.11 bits per heavy atom. The lowest BCUT2D eigenvalue weighted by atomic mass is 9.85. The van der Waals surface area contributed by atoms with Crippen LogP contribution in [0.5, 0.6) is 0 Å². The van der Waals surface area contributed by atoms with E-state index < -0.39 is 33.6 Å². The summed E-state index contributed by atoms with van der Waals surface area (Å²) in [5.41, 5.74) is -5.60. The summed E-state index contributed by atoms with van der Waals surface area (Å²) in [5, 5.41) is 8.80. The van der Waals surface area contributed by atoms with E-state index in [2.05, 4.69) is 4.18 Å². The number of rotatable bonds is 4. The summed E-state index contributed by atoms with van der Waals surface area (Å²) in [6.45, 7) is 0. The van der Waals surface area contributed by atoms with Crippen molar-refractivity contribution >= 4 is 16.1 Å². The summed E-state index contributed by atoms with van der Waals surface area (Å²) < 4.78 is 61.8. The van der Waals surface area contributed by atoms with E-state index in [4.69, 9.17) is 5.11 Å². The van der Waals surface area contributed by atoms with Gasteiger partial charge >= 0.3 is 21.6 Å². The first-order valence-electron chi connectivity index (χ1n) is 5.37. The Kier molecular flexibility index (Phi) is 4.60. The second-order valence-corrected chi connectivity index (χ2v) is 5.72. The van der Waals surface area contributed by atoms with E-state index in [-0.39, 0.29) is 0 Å². The van der Waals surface area contributed by atoms with Gasteiger partial charge in [0, 0.05) is 0 Å². The van der Waals surface area contributed by atoms with Gasteiger partial charge in [-0.2, -0.15) is 21.6 Å². The molecule has 0 aromatic heterocycles. The van der Waals surface area contributed by atoms with E-state index in [9.17, 15) is 26.4 Å². The molecule has 0 aromatic carbocycles. The molecule has 0 amide bonds. The van der Waals surface area contributed by atoms with E-state index in [0.717, 1.165) is 6.42 Å². The fourth-order valence-electron chi connectivity index (χ4n) is 1.95. The molecular formula is C9H13F3O5S. The molecule has 0 bridgehead atoms. The summed E-state index contributed by atoms with van der Waals surface area (Å²) in [7, 11) is -5.87. The van der Waals surface area contributed by atoms with Gasteiger partial charge in [0.15, 0.2) is 6.10 Å². The second kappa shape index (κ2) is 5.43. The monoisotopic (exact) mass is 290 g/mol. The Morgan fingerprint density at radius 1 is 1.22 bits per heavy atom. The lowest BCUT2D eigenvalue weighted by Gasteiger charge is -2.26. The minimum Gasteiger partial charge on any atom is -0.479 e. The molecule has 0 radical (unpaired) electrons. The molecule has 1 rings (SSSR count). The van der Waals surface area contributed by atoms with Crippen LogP contribution in [0, 0.1) is 5.92 Å². The lowest BCUT2D eigenvalue weighted by Crippen LogP contribution is -2.39. The normalized spacial score (nSPS) is 20.6. The summed E-state index contributed by atoms with van der Waals surface area (Å²) >= 11 is 0. The van der Waals surface area contributed by atoms with E-state index in [0.29, 0.717) is 25.7 Å². The molecule has 1 aliphatic carbocycles. The minimum atomic E-state index is -5.87. The maximum absolute atomic E-state index is 12.1. The molecule has 0 unspecified atom stereocenters. The van der Waals surface area contributed by atoms with Crippen molar-refractivity contribution < 1.29 is 35.7 Å². The highest BCUT2D eigenvalue weighted by Crippen LogP contribution is 2.32. The number of halogens is 3. The zero-order chi connectivity index (χ0) is 14.0. The molecule has 0 heterocycles. The van der Waals surface area contributed by atoms with Crippen LogP contribution in [0.3, 0.4) is 0 Å². The zero-order valence-electron chi connectivity index (χ0n) is 9.31. The Balaban J connectivity index is 2.84. The fourth-order valence-corrected chi connectivity index (χ4v) is 2.57. The van der Waals surface area contributed by atoms with Gasteiger partial charge in [0.25, 0.3) is 0 Å². The molecule has 0 saturated heterocycles. The van der Waals surface area contributed by atoms with Gasteiger partial charge in [0.2, 0.25) is 0 Å². The van der Waals surface area contributed by atoms with Gasteiger partial charge < -0.3 is 5.11 Å². The van der Waals surface area contributed by atoms with Crippen LogP contribution in [0.2, 0.25) is 0 Å². The van der Waals surface area contributed by atoms with Crippen LogP contribution in [0.1, 0.15) is 32.1 Å². The van der Waals surface area contributed by atoms with Gasteiger partial charge in [0.05, 0.1) is 0 Å². The average molecular weight is 290 g/mol. The van der Waals surface area contributed by atoms with Crippen molar-refractivity contribution in [3.8, 4) is 0 Å². The average Bonchev–Trinajstić information content (AvgIpc) is 2.25. The first-order chi connectivity index (χ1) is 8.15. The van der Waals surface area contributed by atoms with Crippen LogP contribution in [0.15, 0.2) is 0 Å². The third-order valence-electron chi connectivity index (χ3n) is 2.84. The topological polar surface area (TPSA) is 80.7 Å². The van der Waals surface area contributed by atoms with Crippen LogP contribution in [-0.2, 0) is 19.1 Å². The number of carboxylic acid groups (broad SMARTS) is 1. The molecule has 1 fully saturated rings. The van der Waals surface area contributed by atoms with Gasteiger partial charge in [-0.15, -0.1) is 0 Å². The minimum absolute atomic E-state index is 0.352. The van der Waals surface area contributed by atoms with Crippen LogP contribution in [0.25, 0.3) is 0 Å². The summed E-state index contributed by atoms with van der Waals surface area (Å²) in [6, 6.07) is 0. The van der Waals surface area contributed by atoms with Gasteiger partial charge in [-0.05, 0) is 18.8 Å². The summed E-state index contributed by atoms with van der Waals surface area (Å²) in [5.74, 6) is -2.39. The van der Waals surface area contributed by atoms with Gasteiger partial charge in [-0.1, -0.05) is 19.3 Å². The predicted molar refractivity (Wildman–Crippen MR) is 54.1 cm³/mol. The third-order valence-corrected chi connectivity index (χ3v) is 3.86. The fraction of sp³-hybridized carbons (Fsp3) is 0.889. The maximum atomic E-state index is 12.1. The SMILES string of the molecule is O=C(O)[C@@H](OS(=O)(=O)C(F)(F)F)C1CCCCC1. The largest absolute Gasteiger partial charge is 0.523 e. The molecule has 1 saturated carbocycles. The lowest BCUT2D eigenvalue weighted by molar-refractivity contribution is -0.149. The Morgan fingerprint density at radius 2 is 1.72 bits per heavy atom. The number of carboxylic acids is 1. The standard InChI is InChI=1S/C9H13F3O5S/c10-9(11,12)18(15,16)17-7(8(13)14)6-4-2-1-3-5-6/h6-7H,1-5H2,(H,13,14)/t7-/m0/s1. The van der Waals surface area contributed by atoms with Crippen molar-refractivity contribution in [2.45, 2.75) is 43.7 Å². The van der Waals surface area contributed by atoms with E-state index in [1.807, 2.05) is 0 Å². The van der Waals surface area contributed by atoms with Gasteiger partial charge in [0.1, 0.15) is 0 Å². The third kappa shape index (κ3) is 3.58. The Hall–Kier alpha value is -0.830. The Labute approximate surface area is 102 Å². The molecule has 9 heteroatoms. The molecular weight excluding hydrogens is 277 g/mol. The van der Waals surface area contributed by atoms with Crippen molar-refractivity contribution in [3.05, 3.63) is 0 Å². The highest BCUT2D eigenvalue weighted by atomic mass is 32.2. The van der Waals surface area contributed by atoms with Crippen LogP contribution >= 0.6 is 0 Å². The first-order valence-corrected chi connectivity index (χ1v) is 6.78. The van der Waals surface area contributed by atoms with Gasteiger partial charge in [-0.3, -0.25) is 0 Å². The molecule has 0 aromatic rings. The smallest absolute Gasteiger partial charge is 0.479 e. The highest BCUT2D eigenvalue weighted by Gasteiger charge is 2.50. The van der Waals surface area contributed by atoms with Crippen molar-refractivity contribution in [2.75, 3.05) is 0 Å². The maximum Gasteiger partial charge on any atom is 0.523 e. The second-order valence-electron chi connectivity index (χ2n) is 4.15. The number of alkyl halides is 3. The van der Waals surface area contributed by atoms with E-state index in [1.165, 1.54) is 0 Å². The highest BCUT2D eigenvalue weighted by molar-refractivity contribution is 7.87. The summed E-state index contributed by atoms with van der Waals surface area (Å²) in [6.07, 6.45) is 0.911. The van der Waals surface area contributed by atoms with Crippen LogP contribution in [-0.4, -0.2) is 31.1 Å². The molecule has 5 nitrogen and oxygen atoms in total. The van der Waals surface area contributed by atoms with E-state index >= 15 is 0 Å². The van der Waals surface area contributed by atoms with Crippen molar-refractivity contribution in [1.82, 2.24) is 0 Å². The van der Waals surface area contributed by atoms with Crippen molar-refractivity contribution in [2.24, 2.45) is 5.92 Å². The zero-order valence-corrected chi connectivity index (χ0v) is 10.1. The van der Waals surface area contributed by atoms with Gasteiger partial charge in [-0.25, -0.2) is 8.98 Å². The first kappa shape index (κ1) is 15.2. The van der Waals surface area contributed by atoms with Crippen molar-refractivity contribution in [1.29, 1.82) is 0 Å². The molecule has 0 spiro atoms. The predicted octanol–water partition coefficient (Wildman–Crippen LogP) is 1.89. The molecule has 1 N–H and O–H groups in total. The summed E-state index contributed by atoms with van der Waals surface area (Å²) in [4.78, 5) is 10.8. The Bertz CT molecular complexity index is 397. The molecule has 106 valence electrons. The van der Waals surface area contributed by atoms with Crippen LogP contribution < -0.4 is 0 Å². The number of hydrogen-bond acceptors (Lipinski definition) is 4. The number of hydrogen-bond donors (Lipinski definition) is 1. The molecule has 1 aliphatic rings. The van der Waals surface area contributed by atoms with Crippen LogP contribution in [0.4, 0.5) is 13.2 Å². The van der Waals surface area contributed by atoms with Crippen molar-refractivity contribution in [3.63, 3.8) is 0 Å². The quantitative estimate of drug-likeness (QED) is 0.631.